The van der Waals surface area contributed by atoms with Gasteiger partial charge in [-0.2, -0.15) is 0 Å². The van der Waals surface area contributed by atoms with Gasteiger partial charge < -0.3 is 9.72 Å². The molecule has 0 aromatic carbocycles. The van der Waals surface area contributed by atoms with Gasteiger partial charge in [-0.1, -0.05) is 6.07 Å². The molecule has 5 heterocycles. The van der Waals surface area contributed by atoms with Crippen LogP contribution in [0, 0.1) is 0 Å². The second-order valence-corrected chi connectivity index (χ2v) is 9.72. The number of nitrogens with one attached hydrogen (secondary N) is 1. The molecule has 1 N–H and O–H groups in total. The summed E-state index contributed by atoms with van der Waals surface area (Å²) < 4.78 is 5.63. The van der Waals surface area contributed by atoms with Gasteiger partial charge in [-0.3, -0.25) is 9.88 Å². The van der Waals surface area contributed by atoms with Crippen molar-refractivity contribution in [2.45, 2.75) is 69.9 Å². The molecule has 3 aromatic rings. The van der Waals surface area contributed by atoms with Crippen LogP contribution in [-0.4, -0.2) is 45.7 Å². The summed E-state index contributed by atoms with van der Waals surface area (Å²) >= 11 is 0. The minimum absolute atomic E-state index is 0.565. The minimum Gasteiger partial charge on any atom is -0.381 e. The number of likely N-dealkylation sites (tertiary alicyclic amines) is 1. The maximum absolute atomic E-state index is 5.63. The number of ether oxygens (including phenoxy) is 1. The molecule has 0 amide bonds. The molecule has 0 bridgehead atoms. The lowest BCUT2D eigenvalue weighted by molar-refractivity contribution is 0.0848. The number of hydrogen-bond acceptors (Lipinski definition) is 4. The molecule has 1 atom stereocenters. The van der Waals surface area contributed by atoms with Gasteiger partial charge in [0.15, 0.2) is 0 Å². The first kappa shape index (κ1) is 19.4. The fourth-order valence-corrected chi connectivity index (χ4v) is 5.50. The zero-order valence-corrected chi connectivity index (χ0v) is 18.4. The number of pyridine rings is 2. The summed E-state index contributed by atoms with van der Waals surface area (Å²) in [5.74, 6) is 1.27. The van der Waals surface area contributed by atoms with Crippen LogP contribution in [0.2, 0.25) is 0 Å². The first-order chi connectivity index (χ1) is 15.3. The first-order valence-corrected chi connectivity index (χ1v) is 12.1. The highest BCUT2D eigenvalue weighted by atomic mass is 16.5. The summed E-state index contributed by atoms with van der Waals surface area (Å²) in [6, 6.07) is 7.50. The maximum Gasteiger partial charge on any atom is 0.137 e. The SMILES string of the molecule is CC1CCCN1Cc1nc(-c2cnc3[nH]cc(C4CC4)c3c2)ccc1C1CCOCC1. The maximum atomic E-state index is 5.63. The average molecular weight is 417 g/mol. The van der Waals surface area contributed by atoms with Gasteiger partial charge in [0.2, 0.25) is 0 Å². The quantitative estimate of drug-likeness (QED) is 0.607. The number of hydrogen-bond donors (Lipinski definition) is 1. The average Bonchev–Trinajstić information content (AvgIpc) is 3.44. The summed E-state index contributed by atoms with van der Waals surface area (Å²) in [6.07, 6.45) is 11.5. The molecular formula is C26H32N4O. The Balaban J connectivity index is 1.38. The van der Waals surface area contributed by atoms with Crippen LogP contribution in [0.4, 0.5) is 0 Å². The number of nitrogens with zero attached hydrogens (tertiary/aromatic N) is 3. The van der Waals surface area contributed by atoms with Crippen LogP contribution in [0.1, 0.15) is 74.1 Å². The topological polar surface area (TPSA) is 54.0 Å². The third kappa shape index (κ3) is 3.79. The highest BCUT2D eigenvalue weighted by Gasteiger charge is 2.27. The smallest absolute Gasteiger partial charge is 0.137 e. The van der Waals surface area contributed by atoms with Crippen molar-refractivity contribution >= 4 is 11.0 Å². The molecule has 0 radical (unpaired) electrons. The Morgan fingerprint density at radius 3 is 2.68 bits per heavy atom. The van der Waals surface area contributed by atoms with E-state index in [2.05, 4.69) is 41.2 Å². The molecule has 3 aliphatic rings. The zero-order chi connectivity index (χ0) is 20.8. The van der Waals surface area contributed by atoms with Crippen molar-refractivity contribution in [2.24, 2.45) is 0 Å². The van der Waals surface area contributed by atoms with Gasteiger partial charge >= 0.3 is 0 Å². The molecule has 2 aliphatic heterocycles. The Bertz CT molecular complexity index is 1080. The van der Waals surface area contributed by atoms with Crippen LogP contribution < -0.4 is 0 Å². The van der Waals surface area contributed by atoms with E-state index in [9.17, 15) is 0 Å². The molecule has 6 rings (SSSR count). The van der Waals surface area contributed by atoms with Gasteiger partial charge in [0.05, 0.1) is 11.4 Å². The van der Waals surface area contributed by atoms with Gasteiger partial charge in [-0.15, -0.1) is 0 Å². The fraction of sp³-hybridized carbons (Fsp3) is 0.538. The Kier molecular flexibility index (Phi) is 5.04. The van der Waals surface area contributed by atoms with Crippen molar-refractivity contribution in [3.63, 3.8) is 0 Å². The third-order valence-corrected chi connectivity index (χ3v) is 7.59. The van der Waals surface area contributed by atoms with Gasteiger partial charge in [0, 0.05) is 49.1 Å². The zero-order valence-electron chi connectivity index (χ0n) is 18.4. The van der Waals surface area contributed by atoms with E-state index in [0.717, 1.165) is 49.5 Å². The van der Waals surface area contributed by atoms with Crippen molar-refractivity contribution in [1.29, 1.82) is 0 Å². The van der Waals surface area contributed by atoms with Crippen molar-refractivity contribution in [1.82, 2.24) is 19.9 Å². The lowest BCUT2D eigenvalue weighted by atomic mass is 9.89. The summed E-state index contributed by atoms with van der Waals surface area (Å²) in [7, 11) is 0. The summed E-state index contributed by atoms with van der Waals surface area (Å²) in [4.78, 5) is 15.9. The Hall–Kier alpha value is -2.24. The molecule has 2 saturated heterocycles. The van der Waals surface area contributed by atoms with Crippen LogP contribution >= 0.6 is 0 Å². The van der Waals surface area contributed by atoms with Crippen LogP contribution in [0.25, 0.3) is 22.3 Å². The van der Waals surface area contributed by atoms with Gasteiger partial charge in [0.25, 0.3) is 0 Å². The Morgan fingerprint density at radius 2 is 1.90 bits per heavy atom. The Morgan fingerprint density at radius 1 is 1.06 bits per heavy atom. The van der Waals surface area contributed by atoms with Crippen LogP contribution in [0.3, 0.4) is 0 Å². The number of rotatable bonds is 5. The van der Waals surface area contributed by atoms with E-state index in [1.54, 1.807) is 0 Å². The normalized spacial score (nSPS) is 23.1. The summed E-state index contributed by atoms with van der Waals surface area (Å²) in [5.41, 5.74) is 7.29. The standard InChI is InChI=1S/C26H32N4O/c1-17-3-2-10-30(17)16-25-21(19-8-11-31-12-9-19)6-7-24(29-25)20-13-22-23(18-4-5-18)15-28-26(22)27-14-20/h6-7,13-15,17-19H,2-5,8-12,16H2,1H3,(H,27,28). The van der Waals surface area contributed by atoms with Crippen molar-refractivity contribution < 1.29 is 4.74 Å². The molecule has 31 heavy (non-hydrogen) atoms. The van der Waals surface area contributed by atoms with Gasteiger partial charge in [0.1, 0.15) is 5.65 Å². The predicted molar refractivity (Wildman–Crippen MR) is 123 cm³/mol. The fourth-order valence-electron chi connectivity index (χ4n) is 5.50. The lowest BCUT2D eigenvalue weighted by Crippen LogP contribution is -2.28. The first-order valence-electron chi connectivity index (χ1n) is 12.1. The summed E-state index contributed by atoms with van der Waals surface area (Å²) in [6.45, 7) is 6.22. The van der Waals surface area contributed by atoms with E-state index in [-0.39, 0.29) is 0 Å². The molecule has 1 aliphatic carbocycles. The predicted octanol–water partition coefficient (Wildman–Crippen LogP) is 5.38. The highest BCUT2D eigenvalue weighted by Crippen LogP contribution is 2.43. The van der Waals surface area contributed by atoms with E-state index in [4.69, 9.17) is 14.7 Å². The Labute approximate surface area is 184 Å². The monoisotopic (exact) mass is 416 g/mol. The van der Waals surface area contributed by atoms with Gasteiger partial charge in [-0.25, -0.2) is 4.98 Å². The highest BCUT2D eigenvalue weighted by molar-refractivity contribution is 5.85. The van der Waals surface area contributed by atoms with Crippen molar-refractivity contribution in [3.05, 3.63) is 47.4 Å². The van der Waals surface area contributed by atoms with Crippen LogP contribution in [0.5, 0.6) is 0 Å². The lowest BCUT2D eigenvalue weighted by Gasteiger charge is -2.27. The number of aromatic amines is 1. The van der Waals surface area contributed by atoms with Crippen LogP contribution in [0.15, 0.2) is 30.6 Å². The number of fused-ring (bicyclic) bond motifs is 1. The molecule has 5 heteroatoms. The molecule has 3 aromatic heterocycles. The molecule has 5 nitrogen and oxygen atoms in total. The summed E-state index contributed by atoms with van der Waals surface area (Å²) in [5, 5.41) is 1.27. The molecule has 3 fully saturated rings. The molecule has 162 valence electrons. The number of aromatic nitrogens is 3. The van der Waals surface area contributed by atoms with E-state index in [1.165, 1.54) is 54.4 Å². The molecule has 1 unspecified atom stereocenters. The van der Waals surface area contributed by atoms with E-state index in [0.29, 0.717) is 17.9 Å². The molecular weight excluding hydrogens is 384 g/mol. The van der Waals surface area contributed by atoms with E-state index >= 15 is 0 Å². The van der Waals surface area contributed by atoms with E-state index < -0.39 is 0 Å². The largest absolute Gasteiger partial charge is 0.381 e. The number of H-pyrrole nitrogens is 1. The van der Waals surface area contributed by atoms with Crippen molar-refractivity contribution in [2.75, 3.05) is 19.8 Å². The van der Waals surface area contributed by atoms with Crippen LogP contribution in [-0.2, 0) is 11.3 Å². The molecule has 0 spiro atoms. The minimum atomic E-state index is 0.565. The molecule has 1 saturated carbocycles. The third-order valence-electron chi connectivity index (χ3n) is 7.59. The van der Waals surface area contributed by atoms with Crippen molar-refractivity contribution in [3.8, 4) is 11.3 Å². The second-order valence-electron chi connectivity index (χ2n) is 9.72. The second kappa shape index (κ2) is 8.03. The van der Waals surface area contributed by atoms with E-state index in [1.807, 2.05) is 6.20 Å². The van der Waals surface area contributed by atoms with Gasteiger partial charge in [-0.05, 0) is 87.1 Å².